The smallest absolute Gasteiger partial charge is 0.264 e. The highest BCUT2D eigenvalue weighted by Gasteiger charge is 2.19. The van der Waals surface area contributed by atoms with Crippen LogP contribution in [-0.2, 0) is 11.3 Å². The lowest BCUT2D eigenvalue weighted by atomic mass is 10.2. The van der Waals surface area contributed by atoms with E-state index in [0.717, 1.165) is 0 Å². The summed E-state index contributed by atoms with van der Waals surface area (Å²) in [6.07, 6.45) is 4.62. The average Bonchev–Trinajstić information content (AvgIpc) is 3.01. The van der Waals surface area contributed by atoms with E-state index in [1.165, 1.54) is 18.0 Å². The van der Waals surface area contributed by atoms with Gasteiger partial charge in [0, 0.05) is 19.9 Å². The van der Waals surface area contributed by atoms with E-state index in [9.17, 15) is 9.59 Å². The van der Waals surface area contributed by atoms with Crippen LogP contribution in [0.2, 0.25) is 0 Å². The van der Waals surface area contributed by atoms with E-state index in [0.29, 0.717) is 24.1 Å². The van der Waals surface area contributed by atoms with Crippen LogP contribution >= 0.6 is 11.8 Å². The lowest BCUT2D eigenvalue weighted by molar-refractivity contribution is 0.0935. The lowest BCUT2D eigenvalue weighted by Gasteiger charge is -2.14. The van der Waals surface area contributed by atoms with Crippen molar-refractivity contribution in [1.29, 1.82) is 0 Å². The van der Waals surface area contributed by atoms with Crippen LogP contribution in [0.25, 0.3) is 0 Å². The van der Waals surface area contributed by atoms with E-state index >= 15 is 0 Å². The molecule has 124 valence electrons. The van der Waals surface area contributed by atoms with Crippen LogP contribution in [0.4, 0.5) is 0 Å². The van der Waals surface area contributed by atoms with Gasteiger partial charge in [0.05, 0.1) is 12.6 Å². The number of H-pyrrole nitrogens is 1. The van der Waals surface area contributed by atoms with Crippen molar-refractivity contribution in [3.8, 4) is 0 Å². The molecule has 0 bridgehead atoms. The van der Waals surface area contributed by atoms with Crippen molar-refractivity contribution in [2.24, 2.45) is 0 Å². The van der Waals surface area contributed by atoms with Gasteiger partial charge in [0.2, 0.25) is 0 Å². The fraction of sp³-hybridized carbons (Fsp3) is 0.462. The number of aromatic amines is 1. The standard InChI is InChI=1S/C13H18N6O3S/c1-8(10-18-15-7-19(10)4-5-22-2)16-11(20)9-6-14-13(23-3)17-12(9)21/h6-8H,4-5H2,1-3H3,(H,16,20)(H,14,17,21)/t8-/m0/s1. The van der Waals surface area contributed by atoms with Crippen molar-refractivity contribution in [2.45, 2.75) is 24.7 Å². The molecule has 23 heavy (non-hydrogen) atoms. The van der Waals surface area contributed by atoms with Gasteiger partial charge in [-0.25, -0.2) is 4.98 Å². The van der Waals surface area contributed by atoms with Gasteiger partial charge < -0.3 is 19.6 Å². The summed E-state index contributed by atoms with van der Waals surface area (Å²) in [6.45, 7) is 2.85. The Morgan fingerprint density at radius 2 is 2.35 bits per heavy atom. The molecule has 0 aliphatic carbocycles. The number of amides is 1. The van der Waals surface area contributed by atoms with Crippen LogP contribution in [0, 0.1) is 0 Å². The second-order valence-corrected chi connectivity index (χ2v) is 5.50. The number of hydrogen-bond donors (Lipinski definition) is 2. The monoisotopic (exact) mass is 338 g/mol. The van der Waals surface area contributed by atoms with Crippen LogP contribution in [0.5, 0.6) is 0 Å². The number of thioether (sulfide) groups is 1. The van der Waals surface area contributed by atoms with Crippen molar-refractivity contribution in [2.75, 3.05) is 20.0 Å². The first-order valence-corrected chi connectivity index (χ1v) is 8.10. The highest BCUT2D eigenvalue weighted by molar-refractivity contribution is 7.98. The molecule has 1 amide bonds. The van der Waals surface area contributed by atoms with Crippen LogP contribution in [0.3, 0.4) is 0 Å². The first-order chi connectivity index (χ1) is 11.1. The van der Waals surface area contributed by atoms with Gasteiger partial charge in [-0.05, 0) is 13.2 Å². The third-order valence-electron chi connectivity index (χ3n) is 3.13. The Morgan fingerprint density at radius 1 is 1.57 bits per heavy atom. The Morgan fingerprint density at radius 3 is 3.00 bits per heavy atom. The molecular weight excluding hydrogens is 320 g/mol. The van der Waals surface area contributed by atoms with E-state index in [2.05, 4.69) is 25.5 Å². The minimum Gasteiger partial charge on any atom is -0.383 e. The van der Waals surface area contributed by atoms with Gasteiger partial charge in [-0.2, -0.15) is 0 Å². The number of carbonyl (C=O) groups is 1. The summed E-state index contributed by atoms with van der Waals surface area (Å²) in [4.78, 5) is 30.7. The number of ether oxygens (including phenoxy) is 1. The van der Waals surface area contributed by atoms with Crippen LogP contribution < -0.4 is 10.9 Å². The van der Waals surface area contributed by atoms with Gasteiger partial charge in [-0.3, -0.25) is 9.59 Å². The summed E-state index contributed by atoms with van der Waals surface area (Å²) >= 11 is 1.29. The highest BCUT2D eigenvalue weighted by atomic mass is 32.2. The van der Waals surface area contributed by atoms with E-state index in [1.54, 1.807) is 31.2 Å². The molecule has 2 N–H and O–H groups in total. The maximum atomic E-state index is 12.2. The Kier molecular flexibility index (Phi) is 5.88. The number of hydrogen-bond acceptors (Lipinski definition) is 7. The molecule has 0 aromatic carbocycles. The van der Waals surface area contributed by atoms with Crippen molar-refractivity contribution in [3.05, 3.63) is 34.3 Å². The zero-order chi connectivity index (χ0) is 16.8. The van der Waals surface area contributed by atoms with Gasteiger partial charge in [-0.1, -0.05) is 11.8 Å². The molecule has 10 heteroatoms. The van der Waals surface area contributed by atoms with Gasteiger partial charge >= 0.3 is 0 Å². The van der Waals surface area contributed by atoms with Crippen molar-refractivity contribution in [1.82, 2.24) is 30.0 Å². The van der Waals surface area contributed by atoms with E-state index in [4.69, 9.17) is 4.74 Å². The summed E-state index contributed by atoms with van der Waals surface area (Å²) in [5.41, 5.74) is -0.521. The van der Waals surface area contributed by atoms with Crippen molar-refractivity contribution in [3.63, 3.8) is 0 Å². The number of nitrogens with zero attached hydrogens (tertiary/aromatic N) is 4. The normalized spacial score (nSPS) is 12.1. The number of aromatic nitrogens is 5. The Bertz CT molecular complexity index is 728. The fourth-order valence-electron chi connectivity index (χ4n) is 1.94. The summed E-state index contributed by atoms with van der Waals surface area (Å²) < 4.78 is 6.80. The number of methoxy groups -OCH3 is 1. The summed E-state index contributed by atoms with van der Waals surface area (Å²) in [5, 5.41) is 11.0. The third kappa shape index (κ3) is 4.17. The number of carbonyl (C=O) groups excluding carboxylic acids is 1. The van der Waals surface area contributed by atoms with E-state index < -0.39 is 17.5 Å². The number of nitrogens with one attached hydrogen (secondary N) is 2. The predicted octanol–water partition coefficient (Wildman–Crippen LogP) is 0.221. The maximum absolute atomic E-state index is 12.2. The molecule has 0 aliphatic rings. The first kappa shape index (κ1) is 17.2. The molecule has 0 spiro atoms. The molecule has 0 unspecified atom stereocenters. The molecule has 0 fully saturated rings. The number of rotatable bonds is 7. The van der Waals surface area contributed by atoms with Crippen molar-refractivity contribution < 1.29 is 9.53 Å². The van der Waals surface area contributed by atoms with Crippen LogP contribution in [-0.4, -0.2) is 50.6 Å². The van der Waals surface area contributed by atoms with Crippen LogP contribution in [0.1, 0.15) is 29.1 Å². The van der Waals surface area contributed by atoms with Crippen LogP contribution in [0.15, 0.2) is 22.5 Å². The Hall–Kier alpha value is -2.20. The quantitative estimate of drug-likeness (QED) is 0.548. The van der Waals surface area contributed by atoms with Gasteiger partial charge in [-0.15, -0.1) is 10.2 Å². The summed E-state index contributed by atoms with van der Waals surface area (Å²) in [7, 11) is 1.60. The molecule has 0 saturated carbocycles. The first-order valence-electron chi connectivity index (χ1n) is 6.87. The SMILES string of the molecule is COCCn1cnnc1[C@H](C)NC(=O)c1cnc(SC)[nH]c1=O. The molecule has 0 aliphatic heterocycles. The fourth-order valence-corrected chi connectivity index (χ4v) is 2.30. The van der Waals surface area contributed by atoms with Crippen molar-refractivity contribution >= 4 is 17.7 Å². The molecule has 0 radical (unpaired) electrons. The van der Waals surface area contributed by atoms with Gasteiger partial charge in [0.1, 0.15) is 11.9 Å². The molecule has 0 saturated heterocycles. The minimum atomic E-state index is -0.514. The summed E-state index contributed by atoms with van der Waals surface area (Å²) in [6, 6.07) is -0.415. The predicted molar refractivity (Wildman–Crippen MR) is 84.4 cm³/mol. The lowest BCUT2D eigenvalue weighted by Crippen LogP contribution is -2.33. The molecule has 2 rings (SSSR count). The van der Waals surface area contributed by atoms with E-state index in [-0.39, 0.29) is 5.56 Å². The average molecular weight is 338 g/mol. The third-order valence-corrected chi connectivity index (χ3v) is 3.72. The molecule has 2 aromatic rings. The molecule has 1 atom stereocenters. The van der Waals surface area contributed by atoms with Gasteiger partial charge in [0.15, 0.2) is 11.0 Å². The van der Waals surface area contributed by atoms with E-state index in [1.807, 2.05) is 0 Å². The minimum absolute atomic E-state index is 0.0439. The summed E-state index contributed by atoms with van der Waals surface area (Å²) in [5.74, 6) is 0.0701. The zero-order valence-corrected chi connectivity index (χ0v) is 13.9. The highest BCUT2D eigenvalue weighted by Crippen LogP contribution is 2.10. The molecule has 2 aromatic heterocycles. The molecule has 9 nitrogen and oxygen atoms in total. The topological polar surface area (TPSA) is 115 Å². The second kappa shape index (κ2) is 7.88. The molecule has 2 heterocycles. The zero-order valence-electron chi connectivity index (χ0n) is 13.1. The Labute approximate surface area is 136 Å². The Balaban J connectivity index is 2.11. The largest absolute Gasteiger partial charge is 0.383 e. The molecular formula is C13H18N6O3S. The maximum Gasteiger partial charge on any atom is 0.264 e. The second-order valence-electron chi connectivity index (χ2n) is 4.71. The van der Waals surface area contributed by atoms with Gasteiger partial charge in [0.25, 0.3) is 11.5 Å².